The minimum absolute atomic E-state index is 0.632. The molecule has 10 heavy (non-hydrogen) atoms. The van der Waals surface area contributed by atoms with Gasteiger partial charge in [-0.15, -0.1) is 0 Å². The van der Waals surface area contributed by atoms with Gasteiger partial charge in [0.2, 0.25) is 0 Å². The normalized spacial score (nSPS) is 25.5. The first-order valence-electron chi connectivity index (χ1n) is 3.73. The van der Waals surface area contributed by atoms with Crippen molar-refractivity contribution in [3.05, 3.63) is 0 Å². The van der Waals surface area contributed by atoms with Crippen molar-refractivity contribution < 1.29 is 4.74 Å². The zero-order chi connectivity index (χ0) is 7.23. The monoisotopic (exact) mass is 161 g/mol. The fourth-order valence-electron chi connectivity index (χ4n) is 1.06. The summed E-state index contributed by atoms with van der Waals surface area (Å²) in [6, 6.07) is 0.632. The topological polar surface area (TPSA) is 21.3 Å². The Morgan fingerprint density at radius 1 is 1.70 bits per heavy atom. The molecule has 1 N–H and O–H groups in total. The Morgan fingerprint density at radius 2 is 2.60 bits per heavy atom. The van der Waals surface area contributed by atoms with E-state index in [4.69, 9.17) is 4.74 Å². The fourth-order valence-corrected chi connectivity index (χ4v) is 1.38. The lowest BCUT2D eigenvalue weighted by molar-refractivity contribution is 0.190. The smallest absolute Gasteiger partial charge is 0.0620 e. The number of hydrogen-bond donors (Lipinski definition) is 1. The molecule has 0 amide bonds. The van der Waals surface area contributed by atoms with Gasteiger partial charge in [0.05, 0.1) is 6.61 Å². The highest BCUT2D eigenvalue weighted by Crippen LogP contribution is 2.02. The van der Waals surface area contributed by atoms with Crippen LogP contribution in [0, 0.1) is 0 Å². The van der Waals surface area contributed by atoms with Crippen molar-refractivity contribution in [2.45, 2.75) is 12.5 Å². The van der Waals surface area contributed by atoms with Crippen molar-refractivity contribution in [1.82, 2.24) is 5.32 Å². The number of hydrogen-bond acceptors (Lipinski definition) is 3. The first-order valence-corrected chi connectivity index (χ1v) is 5.13. The summed E-state index contributed by atoms with van der Waals surface area (Å²) in [5.41, 5.74) is 0. The summed E-state index contributed by atoms with van der Waals surface area (Å²) in [4.78, 5) is 0. The first kappa shape index (κ1) is 8.37. The molecule has 0 aliphatic carbocycles. The molecule has 2 nitrogen and oxygen atoms in total. The molecule has 1 rings (SSSR count). The lowest BCUT2D eigenvalue weighted by Crippen LogP contribution is -2.30. The van der Waals surface area contributed by atoms with Crippen molar-refractivity contribution in [3.63, 3.8) is 0 Å². The standard InChI is InChI=1S/C7H15NOS/c1-10-5-3-8-7-2-4-9-6-7/h7-8H,2-6H2,1H3. The molecule has 1 saturated heterocycles. The molecule has 1 heterocycles. The highest BCUT2D eigenvalue weighted by atomic mass is 32.2. The van der Waals surface area contributed by atoms with Crippen molar-refractivity contribution in [3.8, 4) is 0 Å². The van der Waals surface area contributed by atoms with E-state index in [1.807, 2.05) is 11.8 Å². The molecule has 1 aliphatic heterocycles. The second-order valence-electron chi connectivity index (χ2n) is 2.51. The van der Waals surface area contributed by atoms with Crippen LogP contribution in [0.15, 0.2) is 0 Å². The van der Waals surface area contributed by atoms with Gasteiger partial charge in [-0.25, -0.2) is 0 Å². The number of thioether (sulfide) groups is 1. The van der Waals surface area contributed by atoms with E-state index in [9.17, 15) is 0 Å². The Labute approximate surface area is 66.7 Å². The van der Waals surface area contributed by atoms with Gasteiger partial charge in [0.25, 0.3) is 0 Å². The van der Waals surface area contributed by atoms with E-state index in [1.165, 1.54) is 12.2 Å². The summed E-state index contributed by atoms with van der Waals surface area (Å²) >= 11 is 1.88. The van der Waals surface area contributed by atoms with Gasteiger partial charge in [-0.05, 0) is 12.7 Å². The maximum absolute atomic E-state index is 5.22. The Balaban J connectivity index is 1.91. The van der Waals surface area contributed by atoms with E-state index in [0.717, 1.165) is 19.8 Å². The molecule has 0 aromatic carbocycles. The molecule has 0 saturated carbocycles. The van der Waals surface area contributed by atoms with Crippen LogP contribution in [0.4, 0.5) is 0 Å². The number of nitrogens with one attached hydrogen (secondary N) is 1. The highest BCUT2D eigenvalue weighted by molar-refractivity contribution is 7.98. The summed E-state index contributed by atoms with van der Waals surface area (Å²) in [6.45, 7) is 2.97. The van der Waals surface area contributed by atoms with Gasteiger partial charge in [0.15, 0.2) is 0 Å². The van der Waals surface area contributed by atoms with E-state index in [1.54, 1.807) is 0 Å². The average Bonchev–Trinajstić information content (AvgIpc) is 2.41. The molecule has 1 unspecified atom stereocenters. The van der Waals surface area contributed by atoms with Gasteiger partial charge in [-0.3, -0.25) is 0 Å². The van der Waals surface area contributed by atoms with Crippen LogP contribution in [0.25, 0.3) is 0 Å². The average molecular weight is 161 g/mol. The van der Waals surface area contributed by atoms with Crippen LogP contribution >= 0.6 is 11.8 Å². The van der Waals surface area contributed by atoms with Gasteiger partial charge >= 0.3 is 0 Å². The first-order chi connectivity index (χ1) is 4.93. The fraction of sp³-hybridized carbons (Fsp3) is 1.00. The minimum atomic E-state index is 0.632. The lowest BCUT2D eigenvalue weighted by atomic mass is 10.3. The summed E-state index contributed by atoms with van der Waals surface area (Å²) in [5, 5.41) is 3.44. The summed E-state index contributed by atoms with van der Waals surface area (Å²) < 4.78 is 5.22. The molecule has 1 atom stereocenters. The van der Waals surface area contributed by atoms with E-state index in [-0.39, 0.29) is 0 Å². The second-order valence-corrected chi connectivity index (χ2v) is 3.49. The zero-order valence-corrected chi connectivity index (χ0v) is 7.25. The quantitative estimate of drug-likeness (QED) is 0.614. The van der Waals surface area contributed by atoms with Crippen LogP contribution in [0.1, 0.15) is 6.42 Å². The van der Waals surface area contributed by atoms with Gasteiger partial charge in [0.1, 0.15) is 0 Å². The summed E-state index contributed by atoms with van der Waals surface area (Å²) in [7, 11) is 0. The molecule has 60 valence electrons. The largest absolute Gasteiger partial charge is 0.380 e. The van der Waals surface area contributed by atoms with Gasteiger partial charge in [0, 0.05) is 24.9 Å². The number of rotatable bonds is 4. The van der Waals surface area contributed by atoms with Crippen LogP contribution in [0.3, 0.4) is 0 Å². The third-order valence-electron chi connectivity index (χ3n) is 1.67. The Morgan fingerprint density at radius 3 is 3.20 bits per heavy atom. The molecule has 1 aliphatic rings. The summed E-state index contributed by atoms with van der Waals surface area (Å²) in [6.07, 6.45) is 3.32. The maximum atomic E-state index is 5.22. The van der Waals surface area contributed by atoms with Gasteiger partial charge in [-0.1, -0.05) is 0 Å². The SMILES string of the molecule is CSCCNC1CCOC1. The molecule has 0 spiro atoms. The van der Waals surface area contributed by atoms with Crippen LogP contribution in [0.5, 0.6) is 0 Å². The van der Waals surface area contributed by atoms with Crippen molar-refractivity contribution in [2.24, 2.45) is 0 Å². The number of ether oxygens (including phenoxy) is 1. The van der Waals surface area contributed by atoms with Crippen LogP contribution in [-0.4, -0.2) is 37.8 Å². The second kappa shape index (κ2) is 4.99. The molecule has 0 radical (unpaired) electrons. The Kier molecular flexibility index (Phi) is 4.18. The molecule has 0 bridgehead atoms. The van der Waals surface area contributed by atoms with Crippen LogP contribution in [-0.2, 0) is 4.74 Å². The summed E-state index contributed by atoms with van der Waals surface area (Å²) in [5.74, 6) is 1.20. The van der Waals surface area contributed by atoms with Crippen LogP contribution < -0.4 is 5.32 Å². The van der Waals surface area contributed by atoms with Crippen molar-refractivity contribution >= 4 is 11.8 Å². The van der Waals surface area contributed by atoms with E-state index >= 15 is 0 Å². The van der Waals surface area contributed by atoms with Gasteiger partial charge < -0.3 is 10.1 Å². The minimum Gasteiger partial charge on any atom is -0.380 e. The van der Waals surface area contributed by atoms with Crippen molar-refractivity contribution in [2.75, 3.05) is 31.8 Å². The molecular formula is C7H15NOS. The molecular weight excluding hydrogens is 146 g/mol. The maximum Gasteiger partial charge on any atom is 0.0620 e. The lowest BCUT2D eigenvalue weighted by Gasteiger charge is -2.08. The molecule has 0 aromatic rings. The highest BCUT2D eigenvalue weighted by Gasteiger charge is 2.13. The molecule has 0 aromatic heterocycles. The van der Waals surface area contributed by atoms with E-state index < -0.39 is 0 Å². The van der Waals surface area contributed by atoms with Crippen molar-refractivity contribution in [1.29, 1.82) is 0 Å². The predicted octanol–water partition coefficient (Wildman–Crippen LogP) is 0.728. The third kappa shape index (κ3) is 2.90. The molecule has 3 heteroatoms. The Hall–Kier alpha value is 0.270. The van der Waals surface area contributed by atoms with Crippen LogP contribution in [0.2, 0.25) is 0 Å². The Bertz CT molecular complexity index is 83.7. The zero-order valence-electron chi connectivity index (χ0n) is 6.43. The van der Waals surface area contributed by atoms with Gasteiger partial charge in [-0.2, -0.15) is 11.8 Å². The van der Waals surface area contributed by atoms with E-state index in [0.29, 0.717) is 6.04 Å². The molecule has 1 fully saturated rings. The third-order valence-corrected chi connectivity index (χ3v) is 2.28. The predicted molar refractivity (Wildman–Crippen MR) is 45.6 cm³/mol. The van der Waals surface area contributed by atoms with E-state index in [2.05, 4.69) is 11.6 Å².